The number of halogens is 2. The van der Waals surface area contributed by atoms with Gasteiger partial charge < -0.3 is 24.4 Å². The van der Waals surface area contributed by atoms with Crippen LogP contribution in [0.15, 0.2) is 78.9 Å². The Morgan fingerprint density at radius 3 is 2.18 bits per heavy atom. The minimum absolute atomic E-state index is 0.108. The van der Waals surface area contributed by atoms with E-state index in [1.165, 1.54) is 18.2 Å². The molecule has 3 amide bonds. The van der Waals surface area contributed by atoms with Gasteiger partial charge in [-0.2, -0.15) is 0 Å². The number of ether oxygens (including phenoxy) is 1. The van der Waals surface area contributed by atoms with Crippen LogP contribution in [0.3, 0.4) is 0 Å². The smallest absolute Gasteiger partial charge is 0.322 e. The van der Waals surface area contributed by atoms with Gasteiger partial charge in [0.05, 0.1) is 29.7 Å². The average Bonchev–Trinajstić information content (AvgIpc) is 3.30. The van der Waals surface area contributed by atoms with Crippen LogP contribution in [0.2, 0.25) is 0 Å². The molecule has 0 radical (unpaired) electrons. The van der Waals surface area contributed by atoms with Gasteiger partial charge >= 0.3 is 6.03 Å². The van der Waals surface area contributed by atoms with Crippen molar-refractivity contribution in [3.05, 3.63) is 102 Å². The standard InChI is InChI=1S/C30H28F2N4O3/c1-20-23(29(37)34-14-16-35(17-15-34)30(38)33-26-12-5-3-10-24(26)31)19-28(21-8-7-9-22(18-21)39-2)36(20)27-13-6-4-11-25(27)32/h3-13,18-19H,14-17H2,1-2H3,(H,33,38). The molecule has 200 valence electrons. The van der Waals surface area contributed by atoms with E-state index in [1.54, 1.807) is 64.8 Å². The topological polar surface area (TPSA) is 66.8 Å². The first-order valence-electron chi connectivity index (χ1n) is 12.6. The predicted molar refractivity (Wildman–Crippen MR) is 145 cm³/mol. The van der Waals surface area contributed by atoms with Crippen LogP contribution in [0.25, 0.3) is 16.9 Å². The zero-order valence-corrected chi connectivity index (χ0v) is 21.7. The molecular formula is C30H28F2N4O3. The molecule has 39 heavy (non-hydrogen) atoms. The summed E-state index contributed by atoms with van der Waals surface area (Å²) in [5.74, 6) is -0.486. The molecule has 2 heterocycles. The zero-order chi connectivity index (χ0) is 27.5. The van der Waals surface area contributed by atoms with Crippen molar-refractivity contribution >= 4 is 17.6 Å². The van der Waals surface area contributed by atoms with E-state index in [1.807, 2.05) is 24.3 Å². The first kappa shape index (κ1) is 26.0. The van der Waals surface area contributed by atoms with Crippen LogP contribution in [0.4, 0.5) is 19.3 Å². The summed E-state index contributed by atoms with van der Waals surface area (Å²) in [6, 6.07) is 21.1. The van der Waals surface area contributed by atoms with Crippen LogP contribution in [0, 0.1) is 18.6 Å². The number of anilines is 1. The molecule has 0 atom stereocenters. The van der Waals surface area contributed by atoms with E-state index < -0.39 is 17.7 Å². The maximum absolute atomic E-state index is 15.0. The number of urea groups is 1. The number of carbonyl (C=O) groups excluding carboxylic acids is 2. The highest BCUT2D eigenvalue weighted by Crippen LogP contribution is 2.33. The molecule has 1 aromatic heterocycles. The van der Waals surface area contributed by atoms with Gasteiger partial charge in [0.1, 0.15) is 17.4 Å². The SMILES string of the molecule is COc1cccc(-c2cc(C(=O)N3CCN(C(=O)Nc4ccccc4F)CC3)c(C)n2-c2ccccc2F)c1. The van der Waals surface area contributed by atoms with Crippen molar-refractivity contribution in [3.63, 3.8) is 0 Å². The largest absolute Gasteiger partial charge is 0.497 e. The Morgan fingerprint density at radius 1 is 0.821 bits per heavy atom. The molecule has 0 aliphatic carbocycles. The third-order valence-electron chi connectivity index (χ3n) is 6.91. The minimum Gasteiger partial charge on any atom is -0.497 e. The summed E-state index contributed by atoms with van der Waals surface area (Å²) in [6.45, 7) is 3.00. The highest BCUT2D eigenvalue weighted by atomic mass is 19.1. The van der Waals surface area contributed by atoms with Crippen molar-refractivity contribution in [2.75, 3.05) is 38.6 Å². The average molecular weight is 531 g/mol. The molecule has 0 bridgehead atoms. The Morgan fingerprint density at radius 2 is 1.49 bits per heavy atom. The van der Waals surface area contributed by atoms with Gasteiger partial charge in [-0.1, -0.05) is 36.4 Å². The second kappa shape index (κ2) is 11.0. The summed E-state index contributed by atoms with van der Waals surface area (Å²) in [4.78, 5) is 29.6. The van der Waals surface area contributed by atoms with Crippen LogP contribution in [-0.2, 0) is 0 Å². The van der Waals surface area contributed by atoms with Gasteiger partial charge in [0.2, 0.25) is 0 Å². The van der Waals surface area contributed by atoms with E-state index in [4.69, 9.17) is 4.74 Å². The number of para-hydroxylation sites is 2. The van der Waals surface area contributed by atoms with E-state index >= 15 is 0 Å². The summed E-state index contributed by atoms with van der Waals surface area (Å²) < 4.78 is 36.0. The molecule has 1 aliphatic heterocycles. The van der Waals surface area contributed by atoms with Crippen molar-refractivity contribution in [1.29, 1.82) is 0 Å². The minimum atomic E-state index is -0.513. The molecule has 1 N–H and O–H groups in total. The van der Waals surface area contributed by atoms with Crippen molar-refractivity contribution in [2.24, 2.45) is 0 Å². The van der Waals surface area contributed by atoms with Crippen molar-refractivity contribution < 1.29 is 23.1 Å². The number of aromatic nitrogens is 1. The Hall–Kier alpha value is -4.66. The van der Waals surface area contributed by atoms with E-state index in [0.29, 0.717) is 54.6 Å². The maximum atomic E-state index is 15.0. The normalized spacial score (nSPS) is 13.3. The van der Waals surface area contributed by atoms with Crippen LogP contribution in [-0.4, -0.2) is 59.6 Å². The maximum Gasteiger partial charge on any atom is 0.322 e. The first-order chi connectivity index (χ1) is 18.9. The van der Waals surface area contributed by atoms with Gasteiger partial charge in [-0.15, -0.1) is 0 Å². The number of carbonyl (C=O) groups is 2. The zero-order valence-electron chi connectivity index (χ0n) is 21.7. The van der Waals surface area contributed by atoms with Gasteiger partial charge in [-0.3, -0.25) is 4.79 Å². The number of nitrogens with zero attached hydrogens (tertiary/aromatic N) is 3. The number of hydrogen-bond donors (Lipinski definition) is 1. The number of rotatable bonds is 5. The Kier molecular flexibility index (Phi) is 7.31. The van der Waals surface area contributed by atoms with Crippen molar-refractivity contribution in [2.45, 2.75) is 6.92 Å². The van der Waals surface area contributed by atoms with Gasteiger partial charge in [0, 0.05) is 37.4 Å². The number of methoxy groups -OCH3 is 1. The highest BCUT2D eigenvalue weighted by molar-refractivity contribution is 5.98. The number of piperazine rings is 1. The summed E-state index contributed by atoms with van der Waals surface area (Å²) in [5.41, 5.74) is 2.91. The predicted octanol–water partition coefficient (Wildman–Crippen LogP) is 5.73. The summed E-state index contributed by atoms with van der Waals surface area (Å²) >= 11 is 0. The lowest BCUT2D eigenvalue weighted by Crippen LogP contribution is -2.51. The molecule has 1 saturated heterocycles. The fourth-order valence-corrected chi connectivity index (χ4v) is 4.80. The molecule has 1 aliphatic rings. The van der Waals surface area contributed by atoms with Gasteiger partial charge in [-0.05, 0) is 49.4 Å². The molecule has 9 heteroatoms. The van der Waals surface area contributed by atoms with Gasteiger partial charge in [-0.25, -0.2) is 13.6 Å². The lowest BCUT2D eigenvalue weighted by molar-refractivity contribution is 0.0671. The Labute approximate surface area is 225 Å². The fraction of sp³-hybridized carbons (Fsp3) is 0.200. The third kappa shape index (κ3) is 5.20. The first-order valence-corrected chi connectivity index (χ1v) is 12.6. The van der Waals surface area contributed by atoms with Crippen LogP contribution in [0.1, 0.15) is 16.1 Å². The number of amides is 3. The summed E-state index contributed by atoms with van der Waals surface area (Å²) in [7, 11) is 1.57. The van der Waals surface area contributed by atoms with Gasteiger partial charge in [0.15, 0.2) is 0 Å². The lowest BCUT2D eigenvalue weighted by Gasteiger charge is -2.34. The number of nitrogens with one attached hydrogen (secondary N) is 1. The number of hydrogen-bond acceptors (Lipinski definition) is 3. The van der Waals surface area contributed by atoms with Crippen LogP contribution >= 0.6 is 0 Å². The van der Waals surface area contributed by atoms with E-state index in [-0.39, 0.29) is 11.6 Å². The van der Waals surface area contributed by atoms with E-state index in [9.17, 15) is 18.4 Å². The van der Waals surface area contributed by atoms with E-state index in [2.05, 4.69) is 5.32 Å². The van der Waals surface area contributed by atoms with Crippen molar-refractivity contribution in [3.8, 4) is 22.7 Å². The van der Waals surface area contributed by atoms with Crippen LogP contribution < -0.4 is 10.1 Å². The Balaban J connectivity index is 1.40. The molecule has 4 aromatic rings. The second-order valence-corrected chi connectivity index (χ2v) is 9.24. The quantitative estimate of drug-likeness (QED) is 0.359. The van der Waals surface area contributed by atoms with Gasteiger partial charge in [0.25, 0.3) is 5.91 Å². The third-order valence-corrected chi connectivity index (χ3v) is 6.91. The molecule has 7 nitrogen and oxygen atoms in total. The molecular weight excluding hydrogens is 502 g/mol. The molecule has 0 spiro atoms. The van der Waals surface area contributed by atoms with Crippen molar-refractivity contribution in [1.82, 2.24) is 14.4 Å². The monoisotopic (exact) mass is 530 g/mol. The van der Waals surface area contributed by atoms with Crippen LogP contribution in [0.5, 0.6) is 5.75 Å². The molecule has 1 fully saturated rings. The molecule has 0 saturated carbocycles. The summed E-state index contributed by atoms with van der Waals surface area (Å²) in [5, 5.41) is 2.59. The fourth-order valence-electron chi connectivity index (χ4n) is 4.80. The lowest BCUT2D eigenvalue weighted by atomic mass is 10.1. The molecule has 0 unspecified atom stereocenters. The van der Waals surface area contributed by atoms with E-state index in [0.717, 1.165) is 5.56 Å². The number of benzene rings is 3. The molecule has 5 rings (SSSR count). The molecule has 3 aromatic carbocycles. The summed E-state index contributed by atoms with van der Waals surface area (Å²) in [6.07, 6.45) is 0. The highest BCUT2D eigenvalue weighted by Gasteiger charge is 2.29. The second-order valence-electron chi connectivity index (χ2n) is 9.24. The Bertz CT molecular complexity index is 1530.